The Labute approximate surface area is 229 Å². The summed E-state index contributed by atoms with van der Waals surface area (Å²) in [7, 11) is -3.14. The molecule has 0 aromatic heterocycles. The van der Waals surface area contributed by atoms with E-state index in [9.17, 15) is 4.79 Å². The smallest absolute Gasteiger partial charge is 0.380 e. The molecule has 4 aromatic rings. The molecule has 1 aliphatic rings. The SMILES string of the molecule is O=C1C=CC(=NO[Si](c2ccccc2)(c2ccccc2)c2ccccc2)c2c(Cl)c(Cl)c(Cl)c(Cl)c21. The quantitative estimate of drug-likeness (QED) is 0.0913. The van der Waals surface area contributed by atoms with E-state index in [4.69, 9.17) is 50.9 Å². The van der Waals surface area contributed by atoms with Crippen molar-refractivity contribution < 1.29 is 9.32 Å². The molecule has 0 saturated carbocycles. The molecule has 0 bridgehead atoms. The van der Waals surface area contributed by atoms with Gasteiger partial charge in [-0.25, -0.2) is 0 Å². The molecule has 0 aliphatic heterocycles. The van der Waals surface area contributed by atoms with E-state index in [-0.39, 0.29) is 31.4 Å². The highest BCUT2D eigenvalue weighted by Crippen LogP contribution is 2.43. The first-order valence-electron chi connectivity index (χ1n) is 11.0. The number of benzene rings is 4. The standard InChI is InChI=1S/C28H17Cl4NO2Si/c29-25-23-21(16-17-22(34)24(23)26(30)28(32)27(25)31)33-35-36(18-10-4-1-5-11-18,19-12-6-2-7-13-19)20-14-8-3-9-15-20/h1-17H. The van der Waals surface area contributed by atoms with E-state index in [1.54, 1.807) is 6.08 Å². The summed E-state index contributed by atoms with van der Waals surface area (Å²) in [5.41, 5.74) is 0.766. The van der Waals surface area contributed by atoms with Gasteiger partial charge in [0.1, 0.15) is 5.71 Å². The second-order valence-electron chi connectivity index (χ2n) is 8.05. The molecule has 0 heterocycles. The van der Waals surface area contributed by atoms with Crippen molar-refractivity contribution in [3.05, 3.63) is 134 Å². The van der Waals surface area contributed by atoms with Gasteiger partial charge in [-0.1, -0.05) is 143 Å². The van der Waals surface area contributed by atoms with E-state index < -0.39 is 8.32 Å². The molecular formula is C28H17Cl4NO2Si. The van der Waals surface area contributed by atoms with Gasteiger partial charge in [0, 0.05) is 5.56 Å². The number of nitrogens with zero attached hydrogens (tertiary/aromatic N) is 1. The van der Waals surface area contributed by atoms with Crippen LogP contribution in [0.4, 0.5) is 0 Å². The predicted octanol–water partition coefficient (Wildman–Crippen LogP) is 6.44. The Morgan fingerprint density at radius 3 is 1.42 bits per heavy atom. The number of rotatable bonds is 5. The Morgan fingerprint density at radius 2 is 0.972 bits per heavy atom. The number of carbonyl (C=O) groups excluding carboxylic acids is 1. The van der Waals surface area contributed by atoms with E-state index in [1.807, 2.05) is 91.0 Å². The Kier molecular flexibility index (Phi) is 7.06. The van der Waals surface area contributed by atoms with Crippen molar-refractivity contribution >= 4 is 81.8 Å². The molecule has 5 rings (SSSR count). The van der Waals surface area contributed by atoms with Crippen LogP contribution in [0.25, 0.3) is 0 Å². The van der Waals surface area contributed by atoms with Crippen LogP contribution in [0.15, 0.2) is 108 Å². The third-order valence-electron chi connectivity index (χ3n) is 5.98. The molecule has 3 nitrogen and oxygen atoms in total. The van der Waals surface area contributed by atoms with Gasteiger partial charge in [-0.2, -0.15) is 0 Å². The van der Waals surface area contributed by atoms with Gasteiger partial charge < -0.3 is 4.53 Å². The highest BCUT2D eigenvalue weighted by molar-refractivity contribution is 7.07. The number of carbonyl (C=O) groups is 1. The molecule has 4 aromatic carbocycles. The molecule has 0 N–H and O–H groups in total. The first kappa shape index (κ1) is 24.8. The monoisotopic (exact) mass is 567 g/mol. The highest BCUT2D eigenvalue weighted by Gasteiger charge is 2.45. The predicted molar refractivity (Wildman–Crippen MR) is 152 cm³/mol. The Bertz CT molecular complexity index is 1410. The van der Waals surface area contributed by atoms with Crippen molar-refractivity contribution in [1.82, 2.24) is 0 Å². The molecule has 0 fully saturated rings. The van der Waals surface area contributed by atoms with E-state index >= 15 is 0 Å². The van der Waals surface area contributed by atoms with Crippen LogP contribution >= 0.6 is 46.4 Å². The lowest BCUT2D eigenvalue weighted by atomic mass is 9.94. The van der Waals surface area contributed by atoms with E-state index in [0.717, 1.165) is 15.6 Å². The largest absolute Gasteiger partial charge is 0.437 e. The Hall–Kier alpha value is -2.86. The number of oxime groups is 1. The zero-order valence-electron chi connectivity index (χ0n) is 18.6. The van der Waals surface area contributed by atoms with Gasteiger partial charge in [0.2, 0.25) is 0 Å². The zero-order valence-corrected chi connectivity index (χ0v) is 22.6. The fourth-order valence-corrected chi connectivity index (χ4v) is 8.87. The molecule has 0 unspecified atom stereocenters. The second kappa shape index (κ2) is 10.2. The molecule has 8 heteroatoms. The zero-order chi connectivity index (χ0) is 25.3. The van der Waals surface area contributed by atoms with Gasteiger partial charge >= 0.3 is 8.32 Å². The molecule has 0 atom stereocenters. The molecule has 0 radical (unpaired) electrons. The molecule has 36 heavy (non-hydrogen) atoms. The Balaban J connectivity index is 1.76. The summed E-state index contributed by atoms with van der Waals surface area (Å²) in [6, 6.07) is 30.0. The van der Waals surface area contributed by atoms with E-state index in [1.165, 1.54) is 6.08 Å². The van der Waals surface area contributed by atoms with Crippen LogP contribution in [-0.4, -0.2) is 19.8 Å². The number of hydrogen-bond acceptors (Lipinski definition) is 3. The number of hydrogen-bond donors (Lipinski definition) is 0. The molecule has 0 saturated heterocycles. The van der Waals surface area contributed by atoms with Crippen molar-refractivity contribution in [2.45, 2.75) is 0 Å². The van der Waals surface area contributed by atoms with Crippen LogP contribution in [-0.2, 0) is 4.53 Å². The summed E-state index contributed by atoms with van der Waals surface area (Å²) < 4.78 is 6.67. The van der Waals surface area contributed by atoms with Gasteiger partial charge in [-0.15, -0.1) is 0 Å². The fraction of sp³-hybridized carbons (Fsp3) is 0. The van der Waals surface area contributed by atoms with Crippen LogP contribution in [0.5, 0.6) is 0 Å². The molecule has 1 aliphatic carbocycles. The summed E-state index contributed by atoms with van der Waals surface area (Å²) in [6.45, 7) is 0. The number of fused-ring (bicyclic) bond motifs is 1. The van der Waals surface area contributed by atoms with Crippen molar-refractivity contribution in [2.24, 2.45) is 5.16 Å². The summed E-state index contributed by atoms with van der Waals surface area (Å²) in [5, 5.41) is 7.82. The van der Waals surface area contributed by atoms with Gasteiger partial charge in [0.25, 0.3) is 0 Å². The van der Waals surface area contributed by atoms with E-state index in [2.05, 4.69) is 5.16 Å². The first-order chi connectivity index (χ1) is 17.4. The lowest BCUT2D eigenvalue weighted by Crippen LogP contribution is -2.68. The normalized spacial score (nSPS) is 14.1. The minimum atomic E-state index is -3.14. The van der Waals surface area contributed by atoms with Crippen LogP contribution in [0, 0.1) is 0 Å². The maximum absolute atomic E-state index is 12.7. The van der Waals surface area contributed by atoms with Gasteiger partial charge in [-0.05, 0) is 27.7 Å². The van der Waals surface area contributed by atoms with Gasteiger partial charge in [-0.3, -0.25) is 4.79 Å². The molecule has 178 valence electrons. The van der Waals surface area contributed by atoms with E-state index in [0.29, 0.717) is 11.3 Å². The van der Waals surface area contributed by atoms with Crippen LogP contribution in [0.3, 0.4) is 0 Å². The topological polar surface area (TPSA) is 38.7 Å². The van der Waals surface area contributed by atoms with Gasteiger partial charge in [0.15, 0.2) is 5.78 Å². The number of halogens is 4. The third kappa shape index (κ3) is 4.19. The van der Waals surface area contributed by atoms with Crippen LogP contribution in [0.2, 0.25) is 20.1 Å². The minimum absolute atomic E-state index is 0.0209. The molecule has 0 spiro atoms. The Morgan fingerprint density at radius 1 is 0.556 bits per heavy atom. The maximum atomic E-state index is 12.7. The van der Waals surface area contributed by atoms with Crippen LogP contribution in [0.1, 0.15) is 15.9 Å². The van der Waals surface area contributed by atoms with Crippen molar-refractivity contribution in [2.75, 3.05) is 0 Å². The van der Waals surface area contributed by atoms with Crippen molar-refractivity contribution in [3.8, 4) is 0 Å². The number of ketones is 1. The fourth-order valence-electron chi connectivity index (χ4n) is 4.30. The van der Waals surface area contributed by atoms with Crippen LogP contribution < -0.4 is 15.6 Å². The lowest BCUT2D eigenvalue weighted by Gasteiger charge is -2.30. The summed E-state index contributed by atoms with van der Waals surface area (Å²) >= 11 is 25.5. The van der Waals surface area contributed by atoms with Crippen molar-refractivity contribution in [1.29, 1.82) is 0 Å². The first-order valence-corrected chi connectivity index (χ1v) is 14.4. The van der Waals surface area contributed by atoms with Gasteiger partial charge in [0.05, 0.1) is 25.7 Å². The molecule has 0 amide bonds. The maximum Gasteiger partial charge on any atom is 0.380 e. The third-order valence-corrected chi connectivity index (χ3v) is 11.6. The van der Waals surface area contributed by atoms with Crippen molar-refractivity contribution in [3.63, 3.8) is 0 Å². The molecular weight excluding hydrogens is 552 g/mol. The number of allylic oxidation sites excluding steroid dienone is 2. The summed E-state index contributed by atoms with van der Waals surface area (Å²) in [6.07, 6.45) is 2.92. The summed E-state index contributed by atoms with van der Waals surface area (Å²) in [4.78, 5) is 12.7. The highest BCUT2D eigenvalue weighted by atomic mass is 35.5. The average molecular weight is 569 g/mol. The average Bonchev–Trinajstić information content (AvgIpc) is 2.93. The lowest BCUT2D eigenvalue weighted by molar-refractivity contribution is 0.104. The second-order valence-corrected chi connectivity index (χ2v) is 12.8. The minimum Gasteiger partial charge on any atom is -0.437 e. The summed E-state index contributed by atoms with van der Waals surface area (Å²) in [5.74, 6) is -0.341.